The zero-order chi connectivity index (χ0) is 15.1. The van der Waals surface area contributed by atoms with Gasteiger partial charge in [0.05, 0.1) is 5.56 Å². The lowest BCUT2D eigenvalue weighted by Gasteiger charge is -2.11. The lowest BCUT2D eigenvalue weighted by Crippen LogP contribution is -2.26. The van der Waals surface area contributed by atoms with Crippen molar-refractivity contribution in [3.63, 3.8) is 0 Å². The average Bonchev–Trinajstić information content (AvgIpc) is 2.48. The summed E-state index contributed by atoms with van der Waals surface area (Å²) in [6, 6.07) is 13.6. The van der Waals surface area contributed by atoms with Gasteiger partial charge in [0.25, 0.3) is 5.91 Å². The highest BCUT2D eigenvalue weighted by Gasteiger charge is 2.11. The Kier molecular flexibility index (Phi) is 5.81. The van der Waals surface area contributed by atoms with Crippen molar-refractivity contribution in [3.05, 3.63) is 59.9 Å². The van der Waals surface area contributed by atoms with Crippen LogP contribution in [0.1, 0.15) is 29.9 Å². The number of pyridine rings is 1. The number of carbonyl (C=O) groups is 1. The Balaban J connectivity index is 1.94. The van der Waals surface area contributed by atoms with Gasteiger partial charge in [-0.25, -0.2) is 0 Å². The summed E-state index contributed by atoms with van der Waals surface area (Å²) in [5.74, 6) is -0.0188. The van der Waals surface area contributed by atoms with Gasteiger partial charge >= 0.3 is 0 Å². The lowest BCUT2D eigenvalue weighted by atomic mass is 10.2. The molecule has 0 fully saturated rings. The van der Waals surface area contributed by atoms with Gasteiger partial charge in [0, 0.05) is 35.0 Å². The molecule has 0 aliphatic rings. The molecule has 1 heterocycles. The Labute approximate surface area is 130 Å². The Morgan fingerprint density at radius 3 is 2.67 bits per heavy atom. The number of nitrogens with zero attached hydrogens (tertiary/aromatic N) is 1. The molecule has 4 heteroatoms. The molecular weight excluding hydrogens is 280 g/mol. The molecular formula is C17H20N2OS. The van der Waals surface area contributed by atoms with Gasteiger partial charge in [-0.1, -0.05) is 32.0 Å². The molecule has 1 aromatic heterocycles. The number of aromatic nitrogens is 1. The van der Waals surface area contributed by atoms with Crippen LogP contribution in [-0.2, 0) is 6.42 Å². The van der Waals surface area contributed by atoms with E-state index >= 15 is 0 Å². The zero-order valence-electron chi connectivity index (χ0n) is 12.4. The Morgan fingerprint density at radius 2 is 1.95 bits per heavy atom. The molecule has 1 N–H and O–H groups in total. The second-order valence-electron chi connectivity index (χ2n) is 4.99. The second-order valence-corrected chi connectivity index (χ2v) is 6.61. The first-order valence-electron chi connectivity index (χ1n) is 7.10. The molecule has 0 bridgehead atoms. The normalized spacial score (nSPS) is 10.6. The summed E-state index contributed by atoms with van der Waals surface area (Å²) in [5, 5.41) is 3.42. The van der Waals surface area contributed by atoms with Crippen molar-refractivity contribution in [2.24, 2.45) is 0 Å². The molecule has 0 unspecified atom stereocenters. The smallest absolute Gasteiger partial charge is 0.252 e. The fourth-order valence-corrected chi connectivity index (χ4v) is 2.91. The van der Waals surface area contributed by atoms with Crippen molar-refractivity contribution < 1.29 is 4.79 Å². The third kappa shape index (κ3) is 4.90. The van der Waals surface area contributed by atoms with E-state index in [-0.39, 0.29) is 5.91 Å². The lowest BCUT2D eigenvalue weighted by molar-refractivity contribution is 0.0951. The first-order valence-corrected chi connectivity index (χ1v) is 7.98. The number of nitrogens with one attached hydrogen (secondary N) is 1. The minimum atomic E-state index is -0.0188. The van der Waals surface area contributed by atoms with Gasteiger partial charge in [-0.2, -0.15) is 0 Å². The molecule has 0 saturated carbocycles. The number of hydrogen-bond donors (Lipinski definition) is 1. The van der Waals surface area contributed by atoms with E-state index in [1.165, 1.54) is 0 Å². The minimum Gasteiger partial charge on any atom is -0.352 e. The number of hydrogen-bond acceptors (Lipinski definition) is 3. The maximum Gasteiger partial charge on any atom is 0.252 e. The molecule has 1 amide bonds. The Bertz CT molecular complexity index is 584. The Morgan fingerprint density at radius 1 is 1.19 bits per heavy atom. The standard InChI is InChI=1S/C17H20N2OS/c1-13(2)21-16-9-4-3-8-15(16)17(20)19-12-10-14-7-5-6-11-18-14/h3-9,11,13H,10,12H2,1-2H3,(H,19,20). The van der Waals surface area contributed by atoms with E-state index in [1.54, 1.807) is 18.0 Å². The molecule has 1 aromatic carbocycles. The summed E-state index contributed by atoms with van der Waals surface area (Å²) in [4.78, 5) is 17.6. The van der Waals surface area contributed by atoms with Crippen molar-refractivity contribution in [1.82, 2.24) is 10.3 Å². The molecule has 110 valence electrons. The van der Waals surface area contributed by atoms with Gasteiger partial charge < -0.3 is 5.32 Å². The van der Waals surface area contributed by atoms with Crippen LogP contribution in [0, 0.1) is 0 Å². The zero-order valence-corrected chi connectivity index (χ0v) is 13.2. The van der Waals surface area contributed by atoms with E-state index in [2.05, 4.69) is 24.1 Å². The fourth-order valence-electron chi connectivity index (χ4n) is 1.96. The fraction of sp³-hybridized carbons (Fsp3) is 0.294. The number of carbonyl (C=O) groups excluding carboxylic acids is 1. The van der Waals surface area contributed by atoms with Crippen LogP contribution in [0.4, 0.5) is 0 Å². The van der Waals surface area contributed by atoms with Crippen LogP contribution in [-0.4, -0.2) is 22.7 Å². The molecule has 2 rings (SSSR count). The van der Waals surface area contributed by atoms with E-state index in [1.807, 2.05) is 42.5 Å². The summed E-state index contributed by atoms with van der Waals surface area (Å²) < 4.78 is 0. The van der Waals surface area contributed by atoms with Crippen LogP contribution < -0.4 is 5.32 Å². The maximum absolute atomic E-state index is 12.3. The minimum absolute atomic E-state index is 0.0188. The Hall–Kier alpha value is -1.81. The van der Waals surface area contributed by atoms with E-state index < -0.39 is 0 Å². The second kappa shape index (κ2) is 7.84. The third-order valence-corrected chi connectivity index (χ3v) is 3.97. The van der Waals surface area contributed by atoms with Crippen molar-refractivity contribution >= 4 is 17.7 Å². The van der Waals surface area contributed by atoms with Crippen LogP contribution >= 0.6 is 11.8 Å². The predicted octanol–water partition coefficient (Wildman–Crippen LogP) is 3.55. The molecule has 0 aliphatic heterocycles. The number of rotatable bonds is 6. The molecule has 0 spiro atoms. The van der Waals surface area contributed by atoms with E-state index in [0.717, 1.165) is 22.6 Å². The molecule has 0 saturated heterocycles. The SMILES string of the molecule is CC(C)Sc1ccccc1C(=O)NCCc1ccccn1. The topological polar surface area (TPSA) is 42.0 Å². The molecule has 0 aliphatic carbocycles. The highest BCUT2D eigenvalue weighted by Crippen LogP contribution is 2.26. The number of thioether (sulfide) groups is 1. The maximum atomic E-state index is 12.3. The van der Waals surface area contributed by atoms with Gasteiger partial charge in [-0.3, -0.25) is 9.78 Å². The van der Waals surface area contributed by atoms with Crippen molar-refractivity contribution in [2.45, 2.75) is 30.4 Å². The quantitative estimate of drug-likeness (QED) is 0.830. The average molecular weight is 300 g/mol. The molecule has 0 atom stereocenters. The highest BCUT2D eigenvalue weighted by atomic mass is 32.2. The van der Waals surface area contributed by atoms with Crippen molar-refractivity contribution in [1.29, 1.82) is 0 Å². The summed E-state index contributed by atoms with van der Waals surface area (Å²) in [6.45, 7) is 4.84. The van der Waals surface area contributed by atoms with Crippen LogP contribution in [0.25, 0.3) is 0 Å². The van der Waals surface area contributed by atoms with Gasteiger partial charge in [0.15, 0.2) is 0 Å². The predicted molar refractivity (Wildman–Crippen MR) is 87.7 cm³/mol. The molecule has 21 heavy (non-hydrogen) atoms. The van der Waals surface area contributed by atoms with Gasteiger partial charge in [-0.05, 0) is 24.3 Å². The summed E-state index contributed by atoms with van der Waals surface area (Å²) in [7, 11) is 0. The first kappa shape index (κ1) is 15.6. The highest BCUT2D eigenvalue weighted by molar-refractivity contribution is 8.00. The van der Waals surface area contributed by atoms with Crippen LogP contribution in [0.3, 0.4) is 0 Å². The largest absolute Gasteiger partial charge is 0.352 e. The van der Waals surface area contributed by atoms with Crippen LogP contribution in [0.5, 0.6) is 0 Å². The number of amides is 1. The summed E-state index contributed by atoms with van der Waals surface area (Å²) in [6.07, 6.45) is 2.51. The van der Waals surface area contributed by atoms with E-state index in [4.69, 9.17) is 0 Å². The van der Waals surface area contributed by atoms with Crippen LogP contribution in [0.15, 0.2) is 53.6 Å². The van der Waals surface area contributed by atoms with Crippen molar-refractivity contribution in [2.75, 3.05) is 6.54 Å². The van der Waals surface area contributed by atoms with Crippen LogP contribution in [0.2, 0.25) is 0 Å². The third-order valence-electron chi connectivity index (χ3n) is 2.89. The van der Waals surface area contributed by atoms with E-state index in [0.29, 0.717) is 11.8 Å². The monoisotopic (exact) mass is 300 g/mol. The molecule has 0 radical (unpaired) electrons. The van der Waals surface area contributed by atoms with Gasteiger partial charge in [-0.15, -0.1) is 11.8 Å². The first-order chi connectivity index (χ1) is 10.2. The van der Waals surface area contributed by atoms with Crippen molar-refractivity contribution in [3.8, 4) is 0 Å². The van der Waals surface area contributed by atoms with E-state index in [9.17, 15) is 4.79 Å². The van der Waals surface area contributed by atoms with Gasteiger partial charge in [0.2, 0.25) is 0 Å². The molecule has 3 nitrogen and oxygen atoms in total. The summed E-state index contributed by atoms with van der Waals surface area (Å²) in [5.41, 5.74) is 1.74. The molecule has 2 aromatic rings. The van der Waals surface area contributed by atoms with Gasteiger partial charge in [0.1, 0.15) is 0 Å². The summed E-state index contributed by atoms with van der Waals surface area (Å²) >= 11 is 1.71. The number of benzene rings is 1.